The Labute approximate surface area is 131 Å². The van der Waals surface area contributed by atoms with Gasteiger partial charge in [-0.2, -0.15) is 11.8 Å². The van der Waals surface area contributed by atoms with Gasteiger partial charge in [-0.3, -0.25) is 4.90 Å². The zero-order valence-electron chi connectivity index (χ0n) is 10.9. The summed E-state index contributed by atoms with van der Waals surface area (Å²) < 4.78 is 16.2. The second kappa shape index (κ2) is 6.05. The molecule has 0 bridgehead atoms. The van der Waals surface area contributed by atoms with Gasteiger partial charge in [-0.1, -0.05) is 11.6 Å². The lowest BCUT2D eigenvalue weighted by Gasteiger charge is -2.26. The number of nitrogens with zero attached hydrogens (tertiary/aromatic N) is 2. The first kappa shape index (κ1) is 14.4. The van der Waals surface area contributed by atoms with Crippen LogP contribution in [0.3, 0.4) is 0 Å². The van der Waals surface area contributed by atoms with E-state index in [0.717, 1.165) is 37.2 Å². The van der Waals surface area contributed by atoms with Gasteiger partial charge in [0.2, 0.25) is 0 Å². The first-order chi connectivity index (χ1) is 9.65. The lowest BCUT2D eigenvalue weighted by atomic mass is 10.3. The van der Waals surface area contributed by atoms with E-state index in [4.69, 9.17) is 23.8 Å². The van der Waals surface area contributed by atoms with Crippen molar-refractivity contribution in [3.05, 3.63) is 27.7 Å². The van der Waals surface area contributed by atoms with Gasteiger partial charge in [0.1, 0.15) is 5.82 Å². The van der Waals surface area contributed by atoms with Crippen LogP contribution in [0.5, 0.6) is 0 Å². The van der Waals surface area contributed by atoms with Crippen LogP contribution in [0, 0.1) is 10.6 Å². The van der Waals surface area contributed by atoms with Crippen LogP contribution in [-0.2, 0) is 6.54 Å². The molecule has 1 aliphatic rings. The highest BCUT2D eigenvalue weighted by Gasteiger charge is 2.12. The predicted molar refractivity (Wildman–Crippen MR) is 85.9 cm³/mol. The van der Waals surface area contributed by atoms with E-state index in [1.807, 2.05) is 16.3 Å². The molecule has 1 aliphatic heterocycles. The Bertz CT molecular complexity index is 676. The number of aromatic amines is 1. The molecule has 1 saturated heterocycles. The van der Waals surface area contributed by atoms with Crippen molar-refractivity contribution in [2.24, 2.45) is 0 Å². The molecule has 1 aromatic carbocycles. The molecule has 7 heteroatoms. The largest absolute Gasteiger partial charge is 0.331 e. The highest BCUT2D eigenvalue weighted by atomic mass is 35.5. The normalized spacial score (nSPS) is 16.9. The number of thioether (sulfide) groups is 1. The van der Waals surface area contributed by atoms with Crippen LogP contribution in [0.2, 0.25) is 5.02 Å². The van der Waals surface area contributed by atoms with E-state index in [0.29, 0.717) is 4.77 Å². The zero-order valence-corrected chi connectivity index (χ0v) is 13.3. The zero-order chi connectivity index (χ0) is 14.1. The predicted octanol–water partition coefficient (Wildman–Crippen LogP) is 3.54. The number of imidazole rings is 1. The Hall–Kier alpha value is -0.560. The number of fused-ring (bicyclic) bond motifs is 1. The fourth-order valence-electron chi connectivity index (χ4n) is 2.44. The number of H-pyrrole nitrogens is 1. The molecule has 0 unspecified atom stereocenters. The van der Waals surface area contributed by atoms with Crippen LogP contribution in [0.4, 0.5) is 4.39 Å². The minimum Gasteiger partial charge on any atom is -0.331 e. The van der Waals surface area contributed by atoms with E-state index >= 15 is 0 Å². The lowest BCUT2D eigenvalue weighted by Crippen LogP contribution is -2.35. The molecule has 0 spiro atoms. The van der Waals surface area contributed by atoms with Crippen molar-refractivity contribution < 1.29 is 4.39 Å². The SMILES string of the molecule is Fc1cc2c(cc1Cl)[nH]c(=S)n2CCN1CCSCC1. The van der Waals surface area contributed by atoms with Crippen molar-refractivity contribution in [2.75, 3.05) is 31.1 Å². The minimum absolute atomic E-state index is 0.119. The van der Waals surface area contributed by atoms with Crippen LogP contribution in [0.15, 0.2) is 12.1 Å². The Morgan fingerprint density at radius 1 is 1.30 bits per heavy atom. The molecule has 1 fully saturated rings. The Morgan fingerprint density at radius 2 is 2.05 bits per heavy atom. The first-order valence-electron chi connectivity index (χ1n) is 6.53. The Balaban J connectivity index is 1.85. The van der Waals surface area contributed by atoms with Gasteiger partial charge in [0.15, 0.2) is 4.77 Å². The maximum Gasteiger partial charge on any atom is 0.178 e. The van der Waals surface area contributed by atoms with Gasteiger partial charge in [0, 0.05) is 43.8 Å². The van der Waals surface area contributed by atoms with Gasteiger partial charge < -0.3 is 9.55 Å². The van der Waals surface area contributed by atoms with Crippen LogP contribution >= 0.6 is 35.6 Å². The summed E-state index contributed by atoms with van der Waals surface area (Å²) in [5.74, 6) is 1.96. The minimum atomic E-state index is -0.406. The Kier molecular flexibility index (Phi) is 4.35. The second-order valence-corrected chi connectivity index (χ2v) is 6.84. The molecule has 0 saturated carbocycles. The fourth-order valence-corrected chi connectivity index (χ4v) is 3.88. The van der Waals surface area contributed by atoms with Crippen LogP contribution in [0.25, 0.3) is 11.0 Å². The third-order valence-corrected chi connectivity index (χ3v) is 5.11. The van der Waals surface area contributed by atoms with Crippen molar-refractivity contribution in [1.82, 2.24) is 14.5 Å². The van der Waals surface area contributed by atoms with Crippen molar-refractivity contribution in [3.8, 4) is 0 Å². The molecule has 0 radical (unpaired) electrons. The van der Waals surface area contributed by atoms with Crippen LogP contribution in [-0.4, -0.2) is 45.6 Å². The molecule has 108 valence electrons. The van der Waals surface area contributed by atoms with E-state index < -0.39 is 5.82 Å². The summed E-state index contributed by atoms with van der Waals surface area (Å²) in [5, 5.41) is 0.119. The summed E-state index contributed by atoms with van der Waals surface area (Å²) in [5.41, 5.74) is 1.57. The van der Waals surface area contributed by atoms with Crippen molar-refractivity contribution in [3.63, 3.8) is 0 Å². The van der Waals surface area contributed by atoms with E-state index in [-0.39, 0.29) is 5.02 Å². The summed E-state index contributed by atoms with van der Waals surface area (Å²) in [6, 6.07) is 3.05. The average Bonchev–Trinajstić information content (AvgIpc) is 2.73. The van der Waals surface area contributed by atoms with Gasteiger partial charge in [0.05, 0.1) is 16.1 Å². The third kappa shape index (κ3) is 2.88. The number of benzene rings is 1. The quantitative estimate of drug-likeness (QED) is 0.870. The molecular formula is C13H15ClFN3S2. The molecule has 3 nitrogen and oxygen atoms in total. The molecule has 0 atom stereocenters. The van der Waals surface area contributed by atoms with Crippen LogP contribution < -0.4 is 0 Å². The van der Waals surface area contributed by atoms with Crippen molar-refractivity contribution >= 4 is 46.6 Å². The first-order valence-corrected chi connectivity index (χ1v) is 8.47. The number of aromatic nitrogens is 2. The van der Waals surface area contributed by atoms with Gasteiger partial charge in [0.25, 0.3) is 0 Å². The summed E-state index contributed by atoms with van der Waals surface area (Å²) in [4.78, 5) is 5.51. The third-order valence-electron chi connectivity index (χ3n) is 3.56. The molecule has 1 N–H and O–H groups in total. The summed E-state index contributed by atoms with van der Waals surface area (Å²) in [6.07, 6.45) is 0. The van der Waals surface area contributed by atoms with Crippen LogP contribution in [0.1, 0.15) is 0 Å². The molecule has 20 heavy (non-hydrogen) atoms. The van der Waals surface area contributed by atoms with E-state index in [1.54, 1.807) is 6.07 Å². The van der Waals surface area contributed by atoms with Crippen molar-refractivity contribution in [1.29, 1.82) is 0 Å². The summed E-state index contributed by atoms with van der Waals surface area (Å²) in [7, 11) is 0. The van der Waals surface area contributed by atoms with Gasteiger partial charge in [-0.05, 0) is 18.3 Å². The maximum absolute atomic E-state index is 13.6. The number of nitrogens with one attached hydrogen (secondary N) is 1. The van der Waals surface area contributed by atoms with E-state index in [1.165, 1.54) is 17.6 Å². The molecule has 3 rings (SSSR count). The fraction of sp³-hybridized carbons (Fsp3) is 0.462. The number of rotatable bonds is 3. The highest BCUT2D eigenvalue weighted by Crippen LogP contribution is 2.23. The lowest BCUT2D eigenvalue weighted by molar-refractivity contribution is 0.290. The average molecular weight is 332 g/mol. The standard InChI is InChI=1S/C13H15ClFN3S2/c14-9-7-11-12(8-10(9)15)18(13(19)16-11)2-1-17-3-5-20-6-4-17/h7-8H,1-6H2,(H,16,19). The second-order valence-electron chi connectivity index (χ2n) is 4.82. The molecule has 0 aliphatic carbocycles. The smallest absolute Gasteiger partial charge is 0.178 e. The summed E-state index contributed by atoms with van der Waals surface area (Å²) >= 11 is 13.1. The van der Waals surface area contributed by atoms with Crippen molar-refractivity contribution in [2.45, 2.75) is 6.54 Å². The number of halogens is 2. The monoisotopic (exact) mass is 331 g/mol. The summed E-state index contributed by atoms with van der Waals surface area (Å²) in [6.45, 7) is 3.93. The molecular weight excluding hydrogens is 317 g/mol. The van der Waals surface area contributed by atoms with Gasteiger partial charge >= 0.3 is 0 Å². The van der Waals surface area contributed by atoms with E-state index in [2.05, 4.69) is 9.88 Å². The highest BCUT2D eigenvalue weighted by molar-refractivity contribution is 7.99. The van der Waals surface area contributed by atoms with Gasteiger partial charge in [-0.15, -0.1) is 0 Å². The molecule has 2 heterocycles. The number of hydrogen-bond donors (Lipinski definition) is 1. The Morgan fingerprint density at radius 3 is 2.80 bits per heavy atom. The topological polar surface area (TPSA) is 24.0 Å². The molecule has 0 amide bonds. The number of hydrogen-bond acceptors (Lipinski definition) is 3. The van der Waals surface area contributed by atoms with E-state index in [9.17, 15) is 4.39 Å². The molecule has 2 aromatic rings. The van der Waals surface area contributed by atoms with Gasteiger partial charge in [-0.25, -0.2) is 4.39 Å². The maximum atomic E-state index is 13.6. The molecule has 1 aromatic heterocycles.